The molecule has 2 aromatic rings. The van der Waals surface area contributed by atoms with Crippen molar-refractivity contribution >= 4 is 29.0 Å². The maximum atomic E-state index is 13.1. The molecule has 1 aromatic heterocycles. The maximum Gasteiger partial charge on any atom is 0.418 e. The molecule has 0 atom stereocenters. The third kappa shape index (κ3) is 5.62. The maximum absolute atomic E-state index is 13.1. The number of nitrogens with zero attached hydrogens (tertiary/aromatic N) is 1. The van der Waals surface area contributed by atoms with E-state index in [1.165, 1.54) is 24.4 Å². The van der Waals surface area contributed by atoms with Gasteiger partial charge in [0.05, 0.1) is 11.3 Å². The fourth-order valence-electron chi connectivity index (χ4n) is 2.21. The highest BCUT2D eigenvalue weighted by Gasteiger charge is 2.34. The van der Waals surface area contributed by atoms with E-state index in [1.54, 1.807) is 0 Å². The van der Waals surface area contributed by atoms with E-state index in [0.717, 1.165) is 18.6 Å². The zero-order chi connectivity index (χ0) is 19.3. The second-order valence-corrected chi connectivity index (χ2v) is 6.62. The van der Waals surface area contributed by atoms with Crippen molar-refractivity contribution in [3.05, 3.63) is 52.7 Å². The standard InChI is InChI=1S/C18H19ClF3N3O/c1-11(2)5-7-23-16-9-12(6-8-24-16)17(26)25-15-4-3-13(19)10-14(15)18(20,21)22/h3-4,6,8-11H,5,7H2,1-2H3,(H,23,24)(H,25,26). The van der Waals surface area contributed by atoms with Crippen molar-refractivity contribution in [2.24, 2.45) is 5.92 Å². The van der Waals surface area contributed by atoms with Gasteiger partial charge in [-0.05, 0) is 42.7 Å². The predicted molar refractivity (Wildman–Crippen MR) is 96.6 cm³/mol. The summed E-state index contributed by atoms with van der Waals surface area (Å²) in [6.07, 6.45) is -2.27. The first-order chi connectivity index (χ1) is 12.2. The Morgan fingerprint density at radius 3 is 2.62 bits per heavy atom. The lowest BCUT2D eigenvalue weighted by molar-refractivity contribution is -0.136. The number of hydrogen-bond donors (Lipinski definition) is 2. The molecule has 0 unspecified atom stereocenters. The van der Waals surface area contributed by atoms with E-state index in [0.29, 0.717) is 18.3 Å². The number of rotatable bonds is 6. The van der Waals surface area contributed by atoms with Crippen LogP contribution in [0.3, 0.4) is 0 Å². The van der Waals surface area contributed by atoms with Crippen LogP contribution in [0.25, 0.3) is 0 Å². The van der Waals surface area contributed by atoms with Crippen molar-refractivity contribution < 1.29 is 18.0 Å². The minimum absolute atomic E-state index is 0.0594. The molecule has 8 heteroatoms. The summed E-state index contributed by atoms with van der Waals surface area (Å²) in [5, 5.41) is 5.32. The summed E-state index contributed by atoms with van der Waals surface area (Å²) in [5.41, 5.74) is -1.14. The first kappa shape index (κ1) is 20.0. The van der Waals surface area contributed by atoms with E-state index in [-0.39, 0.29) is 16.3 Å². The van der Waals surface area contributed by atoms with Gasteiger partial charge >= 0.3 is 6.18 Å². The molecule has 0 fully saturated rings. The molecule has 0 aliphatic carbocycles. The van der Waals surface area contributed by atoms with E-state index in [9.17, 15) is 18.0 Å². The molecular weight excluding hydrogens is 367 g/mol. The Morgan fingerprint density at radius 2 is 1.96 bits per heavy atom. The lowest BCUT2D eigenvalue weighted by atomic mass is 10.1. The molecular formula is C18H19ClF3N3O. The molecule has 26 heavy (non-hydrogen) atoms. The largest absolute Gasteiger partial charge is 0.418 e. The summed E-state index contributed by atoms with van der Waals surface area (Å²) in [4.78, 5) is 16.5. The summed E-state index contributed by atoms with van der Waals surface area (Å²) in [6.45, 7) is 4.86. The average Bonchev–Trinajstić information content (AvgIpc) is 2.55. The van der Waals surface area contributed by atoms with Gasteiger partial charge in [0.25, 0.3) is 5.91 Å². The van der Waals surface area contributed by atoms with Gasteiger partial charge in [0.2, 0.25) is 0 Å². The first-order valence-corrected chi connectivity index (χ1v) is 8.42. The van der Waals surface area contributed by atoms with Crippen molar-refractivity contribution in [1.29, 1.82) is 0 Å². The molecule has 1 heterocycles. The van der Waals surface area contributed by atoms with Crippen molar-refractivity contribution in [3.63, 3.8) is 0 Å². The summed E-state index contributed by atoms with van der Waals surface area (Å²) in [7, 11) is 0. The number of alkyl halides is 3. The fourth-order valence-corrected chi connectivity index (χ4v) is 2.38. The zero-order valence-corrected chi connectivity index (χ0v) is 15.1. The van der Waals surface area contributed by atoms with Gasteiger partial charge in [-0.2, -0.15) is 13.2 Å². The molecule has 0 spiro atoms. The number of benzene rings is 1. The second kappa shape index (κ2) is 8.40. The Kier molecular flexibility index (Phi) is 6.47. The minimum atomic E-state index is -4.63. The number of aromatic nitrogens is 1. The van der Waals surface area contributed by atoms with E-state index in [4.69, 9.17) is 11.6 Å². The SMILES string of the molecule is CC(C)CCNc1cc(C(=O)Nc2ccc(Cl)cc2C(F)(F)F)ccn1. The molecule has 1 aromatic carbocycles. The number of carbonyl (C=O) groups excluding carboxylic acids is 1. The molecule has 0 radical (unpaired) electrons. The van der Waals surface area contributed by atoms with Gasteiger partial charge in [-0.25, -0.2) is 4.98 Å². The van der Waals surface area contributed by atoms with Crippen molar-refractivity contribution in [2.75, 3.05) is 17.2 Å². The fraction of sp³-hybridized carbons (Fsp3) is 0.333. The quantitative estimate of drug-likeness (QED) is 0.693. The topological polar surface area (TPSA) is 54.0 Å². The van der Waals surface area contributed by atoms with E-state index in [1.807, 2.05) is 0 Å². The number of halogens is 4. The van der Waals surface area contributed by atoms with Crippen LogP contribution >= 0.6 is 11.6 Å². The molecule has 0 aliphatic heterocycles. The monoisotopic (exact) mass is 385 g/mol. The Morgan fingerprint density at radius 1 is 1.23 bits per heavy atom. The number of carbonyl (C=O) groups is 1. The molecule has 140 valence electrons. The highest BCUT2D eigenvalue weighted by atomic mass is 35.5. The summed E-state index contributed by atoms with van der Waals surface area (Å²) in [5.74, 6) is 0.345. The van der Waals surface area contributed by atoms with Gasteiger partial charge in [0.15, 0.2) is 0 Å². The lowest BCUT2D eigenvalue weighted by Gasteiger charge is -2.14. The van der Waals surface area contributed by atoms with Crippen molar-refractivity contribution in [3.8, 4) is 0 Å². The number of anilines is 2. The summed E-state index contributed by atoms with van der Waals surface area (Å²) < 4.78 is 39.4. The minimum Gasteiger partial charge on any atom is -0.370 e. The number of hydrogen-bond acceptors (Lipinski definition) is 3. The van der Waals surface area contributed by atoms with Gasteiger partial charge in [-0.15, -0.1) is 0 Å². The lowest BCUT2D eigenvalue weighted by Crippen LogP contribution is -2.17. The van der Waals surface area contributed by atoms with Crippen LogP contribution in [0.4, 0.5) is 24.7 Å². The summed E-state index contributed by atoms with van der Waals surface area (Å²) in [6, 6.07) is 6.14. The molecule has 1 amide bonds. The molecule has 0 saturated carbocycles. The molecule has 2 N–H and O–H groups in total. The third-order valence-corrected chi connectivity index (χ3v) is 3.82. The molecule has 4 nitrogen and oxygen atoms in total. The van der Waals surface area contributed by atoms with Gasteiger partial charge in [0, 0.05) is 23.3 Å². The van der Waals surface area contributed by atoms with Gasteiger partial charge in [0.1, 0.15) is 5.82 Å². The predicted octanol–water partition coefficient (Wildman–Crippen LogP) is 5.46. The highest BCUT2D eigenvalue weighted by Crippen LogP contribution is 2.36. The third-order valence-electron chi connectivity index (χ3n) is 3.59. The number of pyridine rings is 1. The van der Waals surface area contributed by atoms with Gasteiger partial charge in [-0.1, -0.05) is 25.4 Å². The van der Waals surface area contributed by atoms with Crippen LogP contribution in [-0.4, -0.2) is 17.4 Å². The highest BCUT2D eigenvalue weighted by molar-refractivity contribution is 6.30. The normalized spacial score (nSPS) is 11.5. The van der Waals surface area contributed by atoms with Crippen LogP contribution in [0.2, 0.25) is 5.02 Å². The van der Waals surface area contributed by atoms with Crippen molar-refractivity contribution in [1.82, 2.24) is 4.98 Å². The average molecular weight is 386 g/mol. The molecule has 0 bridgehead atoms. The molecule has 0 saturated heterocycles. The Balaban J connectivity index is 2.16. The van der Waals surface area contributed by atoms with Crippen LogP contribution < -0.4 is 10.6 Å². The van der Waals surface area contributed by atoms with Crippen LogP contribution in [0.15, 0.2) is 36.5 Å². The molecule has 0 aliphatic rings. The van der Waals surface area contributed by atoms with Crippen LogP contribution in [-0.2, 0) is 6.18 Å². The van der Waals surface area contributed by atoms with Crippen LogP contribution in [0, 0.1) is 5.92 Å². The number of amides is 1. The smallest absolute Gasteiger partial charge is 0.370 e. The Bertz CT molecular complexity index is 779. The van der Waals surface area contributed by atoms with Crippen LogP contribution in [0.5, 0.6) is 0 Å². The molecule has 2 rings (SSSR count). The van der Waals surface area contributed by atoms with Gasteiger partial charge in [-0.3, -0.25) is 4.79 Å². The first-order valence-electron chi connectivity index (χ1n) is 8.05. The van der Waals surface area contributed by atoms with Crippen LogP contribution in [0.1, 0.15) is 36.2 Å². The van der Waals surface area contributed by atoms with Gasteiger partial charge < -0.3 is 10.6 Å². The Labute approximate surface area is 154 Å². The van der Waals surface area contributed by atoms with E-state index in [2.05, 4.69) is 29.5 Å². The summed E-state index contributed by atoms with van der Waals surface area (Å²) >= 11 is 5.64. The Hall–Kier alpha value is -2.28. The number of nitrogens with one attached hydrogen (secondary N) is 2. The zero-order valence-electron chi connectivity index (χ0n) is 14.3. The second-order valence-electron chi connectivity index (χ2n) is 6.18. The van der Waals surface area contributed by atoms with Crippen molar-refractivity contribution in [2.45, 2.75) is 26.4 Å². The van der Waals surface area contributed by atoms with E-state index < -0.39 is 17.6 Å². The van der Waals surface area contributed by atoms with E-state index >= 15 is 0 Å².